The fourth-order valence-corrected chi connectivity index (χ4v) is 1.63. The summed E-state index contributed by atoms with van der Waals surface area (Å²) in [5.41, 5.74) is 0. The van der Waals surface area contributed by atoms with Crippen LogP contribution in [0.3, 0.4) is 0 Å². The van der Waals surface area contributed by atoms with Crippen molar-refractivity contribution in [3.63, 3.8) is 0 Å². The Hall–Kier alpha value is -0.480. The molecule has 1 rings (SSSR count). The molecule has 62 valence electrons. The molecule has 11 heavy (non-hydrogen) atoms. The molecular weight excluding hydrogens is 136 g/mol. The Labute approximate surface area is 69.1 Å². The van der Waals surface area contributed by atoms with Gasteiger partial charge in [-0.1, -0.05) is 0 Å². The fourth-order valence-electron chi connectivity index (χ4n) is 1.63. The van der Waals surface area contributed by atoms with Crippen molar-refractivity contribution in [1.29, 1.82) is 0 Å². The Kier molecular flexibility index (Phi) is 3.45. The van der Waals surface area contributed by atoms with Crippen molar-refractivity contribution >= 4 is 0 Å². The van der Waals surface area contributed by atoms with E-state index in [4.69, 9.17) is 11.2 Å². The number of ether oxygens (including phenoxy) is 1. The second-order valence-corrected chi connectivity index (χ2v) is 3.10. The number of terminal acetylenes is 1. The van der Waals surface area contributed by atoms with Gasteiger partial charge >= 0.3 is 0 Å². The maximum absolute atomic E-state index is 5.51. The smallest absolute Gasteiger partial charge is 0.0575 e. The van der Waals surface area contributed by atoms with Crippen molar-refractivity contribution in [1.82, 2.24) is 0 Å². The molecule has 1 aliphatic rings. The summed E-state index contributed by atoms with van der Waals surface area (Å²) in [6, 6.07) is 0. The third-order valence-corrected chi connectivity index (χ3v) is 2.31. The molecule has 1 aliphatic carbocycles. The van der Waals surface area contributed by atoms with Crippen molar-refractivity contribution < 1.29 is 4.74 Å². The largest absolute Gasteiger partial charge is 0.379 e. The van der Waals surface area contributed by atoms with E-state index in [1.54, 1.807) is 0 Å². The molecule has 1 nitrogen and oxygen atoms in total. The van der Waals surface area contributed by atoms with Gasteiger partial charge in [-0.3, -0.25) is 0 Å². The molecule has 0 aromatic heterocycles. The molecule has 0 heterocycles. The van der Waals surface area contributed by atoms with E-state index >= 15 is 0 Å². The Morgan fingerprint density at radius 1 is 1.36 bits per heavy atom. The van der Waals surface area contributed by atoms with E-state index in [1.807, 2.05) is 6.92 Å². The van der Waals surface area contributed by atoms with Gasteiger partial charge in [-0.05, 0) is 32.6 Å². The molecule has 1 saturated carbocycles. The van der Waals surface area contributed by atoms with E-state index in [0.717, 1.165) is 32.3 Å². The maximum Gasteiger partial charge on any atom is 0.0575 e. The first-order valence-electron chi connectivity index (χ1n) is 4.44. The lowest BCUT2D eigenvalue weighted by molar-refractivity contribution is 0.0310. The minimum atomic E-state index is 0.490. The number of hydrogen-bond donors (Lipinski definition) is 0. The van der Waals surface area contributed by atoms with Crippen molar-refractivity contribution in [3.8, 4) is 12.3 Å². The molecule has 0 unspecified atom stereocenters. The normalized spacial score (nSPS) is 31.3. The van der Waals surface area contributed by atoms with Crippen molar-refractivity contribution in [2.45, 2.75) is 38.7 Å². The molecule has 0 spiro atoms. The third kappa shape index (κ3) is 2.55. The molecule has 0 bridgehead atoms. The van der Waals surface area contributed by atoms with Crippen molar-refractivity contribution in [3.05, 3.63) is 0 Å². The second kappa shape index (κ2) is 4.41. The van der Waals surface area contributed by atoms with E-state index in [2.05, 4.69) is 5.92 Å². The van der Waals surface area contributed by atoms with Gasteiger partial charge in [0.05, 0.1) is 6.10 Å². The summed E-state index contributed by atoms with van der Waals surface area (Å²) >= 11 is 0. The molecule has 0 N–H and O–H groups in total. The van der Waals surface area contributed by atoms with E-state index in [9.17, 15) is 0 Å². The van der Waals surface area contributed by atoms with E-state index in [0.29, 0.717) is 12.0 Å². The molecule has 0 aliphatic heterocycles. The Balaban J connectivity index is 2.20. The zero-order valence-electron chi connectivity index (χ0n) is 7.18. The molecule has 0 atom stereocenters. The van der Waals surface area contributed by atoms with Crippen LogP contribution in [0.4, 0.5) is 0 Å². The van der Waals surface area contributed by atoms with Crippen LogP contribution in [0.25, 0.3) is 0 Å². The highest BCUT2D eigenvalue weighted by molar-refractivity contribution is 4.95. The predicted octanol–water partition coefficient (Wildman–Crippen LogP) is 2.21. The van der Waals surface area contributed by atoms with Crippen molar-refractivity contribution in [2.24, 2.45) is 5.92 Å². The van der Waals surface area contributed by atoms with E-state index in [-0.39, 0.29) is 0 Å². The lowest BCUT2D eigenvalue weighted by atomic mass is 9.88. The first kappa shape index (κ1) is 8.62. The maximum atomic E-state index is 5.51. The highest BCUT2D eigenvalue weighted by Crippen LogP contribution is 2.25. The summed E-state index contributed by atoms with van der Waals surface area (Å²) in [4.78, 5) is 0. The van der Waals surface area contributed by atoms with Crippen LogP contribution < -0.4 is 0 Å². The highest BCUT2D eigenvalue weighted by Gasteiger charge is 2.19. The van der Waals surface area contributed by atoms with Gasteiger partial charge in [0, 0.05) is 12.5 Å². The average Bonchev–Trinajstić information content (AvgIpc) is 2.07. The van der Waals surface area contributed by atoms with Crippen LogP contribution in [-0.4, -0.2) is 12.7 Å². The van der Waals surface area contributed by atoms with Gasteiger partial charge in [0.2, 0.25) is 0 Å². The summed E-state index contributed by atoms with van der Waals surface area (Å²) < 4.78 is 5.51. The molecule has 0 amide bonds. The van der Waals surface area contributed by atoms with Crippen molar-refractivity contribution in [2.75, 3.05) is 6.61 Å². The Morgan fingerprint density at radius 2 is 2.00 bits per heavy atom. The molecule has 0 aromatic rings. The van der Waals surface area contributed by atoms with Gasteiger partial charge in [0.15, 0.2) is 0 Å². The lowest BCUT2D eigenvalue weighted by Gasteiger charge is -2.25. The SMILES string of the molecule is C#C[C@H]1CC[C@H](OCC)CC1. The molecule has 0 aromatic carbocycles. The number of hydrogen-bond acceptors (Lipinski definition) is 1. The molecular formula is C10H16O. The van der Waals surface area contributed by atoms with Crippen LogP contribution in [0.1, 0.15) is 32.6 Å². The van der Waals surface area contributed by atoms with Crippen LogP contribution in [0, 0.1) is 18.3 Å². The Morgan fingerprint density at radius 3 is 2.45 bits per heavy atom. The summed E-state index contributed by atoms with van der Waals surface area (Å²) in [6.45, 7) is 2.89. The predicted molar refractivity (Wildman–Crippen MR) is 46.2 cm³/mol. The fraction of sp³-hybridized carbons (Fsp3) is 0.800. The first-order valence-corrected chi connectivity index (χ1v) is 4.44. The molecule has 1 heteroatoms. The van der Waals surface area contributed by atoms with Gasteiger partial charge < -0.3 is 4.74 Å². The topological polar surface area (TPSA) is 9.23 Å². The van der Waals surface area contributed by atoms with E-state index in [1.165, 1.54) is 0 Å². The minimum absolute atomic E-state index is 0.490. The molecule has 0 radical (unpaired) electrons. The van der Waals surface area contributed by atoms with Gasteiger partial charge in [0.25, 0.3) is 0 Å². The zero-order chi connectivity index (χ0) is 8.10. The lowest BCUT2D eigenvalue weighted by Crippen LogP contribution is -2.20. The molecule has 1 fully saturated rings. The van der Waals surface area contributed by atoms with Crippen LogP contribution in [0.2, 0.25) is 0 Å². The van der Waals surface area contributed by atoms with Crippen LogP contribution in [0.5, 0.6) is 0 Å². The van der Waals surface area contributed by atoms with Crippen LogP contribution >= 0.6 is 0 Å². The highest BCUT2D eigenvalue weighted by atomic mass is 16.5. The van der Waals surface area contributed by atoms with Crippen LogP contribution in [-0.2, 0) is 4.74 Å². The zero-order valence-corrected chi connectivity index (χ0v) is 7.18. The van der Waals surface area contributed by atoms with Gasteiger partial charge in [-0.15, -0.1) is 12.3 Å². The summed E-state index contributed by atoms with van der Waals surface area (Å²) in [6.07, 6.45) is 10.4. The standard InChI is InChI=1S/C10H16O/c1-3-9-5-7-10(8-6-9)11-4-2/h1,9-10H,4-8H2,2H3/t9-,10-. The van der Waals surface area contributed by atoms with Gasteiger partial charge in [-0.2, -0.15) is 0 Å². The minimum Gasteiger partial charge on any atom is -0.379 e. The number of rotatable bonds is 2. The second-order valence-electron chi connectivity index (χ2n) is 3.10. The molecule has 0 saturated heterocycles. The Bertz CT molecular complexity index is 137. The van der Waals surface area contributed by atoms with Crippen LogP contribution in [0.15, 0.2) is 0 Å². The third-order valence-electron chi connectivity index (χ3n) is 2.31. The quantitative estimate of drug-likeness (QED) is 0.551. The van der Waals surface area contributed by atoms with Gasteiger partial charge in [0.1, 0.15) is 0 Å². The monoisotopic (exact) mass is 152 g/mol. The average molecular weight is 152 g/mol. The summed E-state index contributed by atoms with van der Waals surface area (Å²) in [5.74, 6) is 3.33. The van der Waals surface area contributed by atoms with E-state index < -0.39 is 0 Å². The summed E-state index contributed by atoms with van der Waals surface area (Å²) in [5, 5.41) is 0. The summed E-state index contributed by atoms with van der Waals surface area (Å²) in [7, 11) is 0. The van der Waals surface area contributed by atoms with Gasteiger partial charge in [-0.25, -0.2) is 0 Å². The first-order chi connectivity index (χ1) is 5.36.